The van der Waals surface area contributed by atoms with Crippen molar-refractivity contribution in [3.8, 4) is 0 Å². The molecule has 5 nitrogen and oxygen atoms in total. The molecule has 1 aromatic heterocycles. The van der Waals surface area contributed by atoms with Crippen molar-refractivity contribution in [2.45, 2.75) is 51.6 Å². The van der Waals surface area contributed by atoms with Crippen molar-refractivity contribution in [3.05, 3.63) is 16.9 Å². The molecule has 1 rings (SSSR count). The van der Waals surface area contributed by atoms with Gasteiger partial charge in [-0.1, -0.05) is 44.2 Å². The highest BCUT2D eigenvalue weighted by atomic mass is 35.5. The Morgan fingerprint density at radius 3 is 2.89 bits per heavy atom. The summed E-state index contributed by atoms with van der Waals surface area (Å²) in [5.41, 5.74) is 3.81. The van der Waals surface area contributed by atoms with Gasteiger partial charge in [-0.05, 0) is 6.42 Å². The molecule has 1 aromatic rings. The molecular weight excluding hydrogens is 264 g/mol. The van der Waals surface area contributed by atoms with Gasteiger partial charge in [0.15, 0.2) is 0 Å². The molecule has 0 bridgehead atoms. The van der Waals surface area contributed by atoms with Crippen molar-refractivity contribution in [2.24, 2.45) is 5.84 Å². The van der Waals surface area contributed by atoms with Gasteiger partial charge in [0.25, 0.3) is 0 Å². The Kier molecular flexibility index (Phi) is 8.05. The fourth-order valence-electron chi connectivity index (χ4n) is 2.15. The fraction of sp³-hybridized carbons (Fsp3) is 0.769. The molecule has 0 spiro atoms. The summed E-state index contributed by atoms with van der Waals surface area (Å²) in [5, 5.41) is 4.94. The lowest BCUT2D eigenvalue weighted by Crippen LogP contribution is -2.30. The van der Waals surface area contributed by atoms with E-state index in [1.807, 2.05) is 4.68 Å². The highest BCUT2D eigenvalue weighted by molar-refractivity contribution is 6.31. The summed E-state index contributed by atoms with van der Waals surface area (Å²) in [7, 11) is 1.67. The van der Waals surface area contributed by atoms with Crippen LogP contribution in [0, 0.1) is 0 Å². The monoisotopic (exact) mass is 288 g/mol. The van der Waals surface area contributed by atoms with Gasteiger partial charge >= 0.3 is 0 Å². The van der Waals surface area contributed by atoms with Gasteiger partial charge in [0.05, 0.1) is 36.1 Å². The first-order chi connectivity index (χ1) is 9.24. The lowest BCUT2D eigenvalue weighted by molar-refractivity contribution is 0.181. The number of methoxy groups -OCH3 is 1. The van der Waals surface area contributed by atoms with Crippen LogP contribution in [-0.2, 0) is 11.3 Å². The number of nitrogens with two attached hydrogens (primary N) is 1. The number of nitrogens with one attached hydrogen (secondary N) is 1. The Morgan fingerprint density at radius 1 is 1.47 bits per heavy atom. The average molecular weight is 289 g/mol. The van der Waals surface area contributed by atoms with E-state index in [1.165, 1.54) is 19.3 Å². The maximum Gasteiger partial charge on any atom is 0.0834 e. The van der Waals surface area contributed by atoms with Crippen molar-refractivity contribution in [3.63, 3.8) is 0 Å². The summed E-state index contributed by atoms with van der Waals surface area (Å²) in [4.78, 5) is 0. The second-order valence-corrected chi connectivity index (χ2v) is 5.07. The van der Waals surface area contributed by atoms with Gasteiger partial charge in [-0.3, -0.25) is 16.0 Å². The molecule has 1 unspecified atom stereocenters. The van der Waals surface area contributed by atoms with Gasteiger partial charge in [0, 0.05) is 7.11 Å². The Hall–Kier alpha value is -0.620. The molecule has 1 heterocycles. The molecule has 0 aliphatic rings. The van der Waals surface area contributed by atoms with Crippen molar-refractivity contribution in [2.75, 3.05) is 13.7 Å². The van der Waals surface area contributed by atoms with E-state index in [2.05, 4.69) is 17.4 Å². The zero-order chi connectivity index (χ0) is 14.1. The zero-order valence-corrected chi connectivity index (χ0v) is 12.6. The normalized spacial score (nSPS) is 12.8. The summed E-state index contributed by atoms with van der Waals surface area (Å²) in [5.74, 6) is 5.66. The molecule has 19 heavy (non-hydrogen) atoms. The maximum atomic E-state index is 6.22. The Bertz CT molecular complexity index is 356. The minimum atomic E-state index is 0.0451. The first-order valence-electron chi connectivity index (χ1n) is 6.90. The van der Waals surface area contributed by atoms with Gasteiger partial charge < -0.3 is 4.74 Å². The van der Waals surface area contributed by atoms with Crippen molar-refractivity contribution < 1.29 is 4.74 Å². The van der Waals surface area contributed by atoms with E-state index in [0.29, 0.717) is 18.2 Å². The number of hydrogen-bond donors (Lipinski definition) is 2. The lowest BCUT2D eigenvalue weighted by atomic mass is 10.1. The van der Waals surface area contributed by atoms with Crippen LogP contribution in [0.1, 0.15) is 50.8 Å². The van der Waals surface area contributed by atoms with Gasteiger partial charge in [0.2, 0.25) is 0 Å². The molecule has 0 radical (unpaired) electrons. The van der Waals surface area contributed by atoms with E-state index in [-0.39, 0.29) is 6.04 Å². The number of aromatic nitrogens is 2. The minimum absolute atomic E-state index is 0.0451. The molecule has 0 saturated heterocycles. The number of rotatable bonds is 10. The summed E-state index contributed by atoms with van der Waals surface area (Å²) < 4.78 is 6.95. The second-order valence-electron chi connectivity index (χ2n) is 4.66. The summed E-state index contributed by atoms with van der Waals surface area (Å²) >= 11 is 6.22. The van der Waals surface area contributed by atoms with Crippen molar-refractivity contribution in [1.29, 1.82) is 0 Å². The third kappa shape index (κ3) is 5.10. The smallest absolute Gasteiger partial charge is 0.0834 e. The van der Waals surface area contributed by atoms with E-state index in [0.717, 1.165) is 18.5 Å². The van der Waals surface area contributed by atoms with Crippen LogP contribution >= 0.6 is 11.6 Å². The maximum absolute atomic E-state index is 6.22. The average Bonchev–Trinajstić information content (AvgIpc) is 2.78. The molecular formula is C13H25ClN4O. The highest BCUT2D eigenvalue weighted by Gasteiger charge is 2.18. The number of unbranched alkanes of at least 4 members (excludes halogenated alkanes) is 3. The first kappa shape index (κ1) is 16.4. The van der Waals surface area contributed by atoms with E-state index >= 15 is 0 Å². The van der Waals surface area contributed by atoms with Crippen LogP contribution in [0.15, 0.2) is 6.20 Å². The fourth-order valence-corrected chi connectivity index (χ4v) is 2.42. The highest BCUT2D eigenvalue weighted by Crippen LogP contribution is 2.26. The summed E-state index contributed by atoms with van der Waals surface area (Å²) in [6.07, 6.45) is 7.48. The first-order valence-corrected chi connectivity index (χ1v) is 7.28. The second kappa shape index (κ2) is 9.31. The van der Waals surface area contributed by atoms with E-state index < -0.39 is 0 Å². The Labute approximate surface area is 120 Å². The SMILES string of the molecule is CCCCCCC(NN)c1c(Cl)cnn1CCOC. The van der Waals surface area contributed by atoms with Crippen LogP contribution < -0.4 is 11.3 Å². The molecule has 1 atom stereocenters. The Morgan fingerprint density at radius 2 is 2.26 bits per heavy atom. The van der Waals surface area contributed by atoms with E-state index in [1.54, 1.807) is 13.3 Å². The van der Waals surface area contributed by atoms with Crippen molar-refractivity contribution in [1.82, 2.24) is 15.2 Å². The van der Waals surface area contributed by atoms with Gasteiger partial charge in [-0.15, -0.1) is 0 Å². The van der Waals surface area contributed by atoms with Crippen LogP contribution in [0.2, 0.25) is 5.02 Å². The number of nitrogens with zero attached hydrogens (tertiary/aromatic N) is 2. The number of ether oxygens (including phenoxy) is 1. The van der Waals surface area contributed by atoms with Gasteiger partial charge in [-0.25, -0.2) is 0 Å². The van der Waals surface area contributed by atoms with Crippen LogP contribution in [0.5, 0.6) is 0 Å². The quantitative estimate of drug-likeness (QED) is 0.395. The standard InChI is InChI=1S/C13H25ClN4O/c1-3-4-5-6-7-12(17-15)13-11(14)10-16-18(13)8-9-19-2/h10,12,17H,3-9,15H2,1-2H3. The largest absolute Gasteiger partial charge is 0.383 e. The summed E-state index contributed by atoms with van der Waals surface area (Å²) in [6.45, 7) is 3.50. The minimum Gasteiger partial charge on any atom is -0.383 e. The third-order valence-corrected chi connectivity index (χ3v) is 3.51. The molecule has 0 fully saturated rings. The van der Waals surface area contributed by atoms with Gasteiger partial charge in [0.1, 0.15) is 0 Å². The summed E-state index contributed by atoms with van der Waals surface area (Å²) in [6, 6.07) is 0.0451. The molecule has 110 valence electrons. The molecule has 0 aliphatic carbocycles. The number of hydrazine groups is 1. The molecule has 0 amide bonds. The van der Waals surface area contributed by atoms with Crippen LogP contribution in [0.25, 0.3) is 0 Å². The molecule has 3 N–H and O–H groups in total. The lowest BCUT2D eigenvalue weighted by Gasteiger charge is -2.18. The topological polar surface area (TPSA) is 65.1 Å². The van der Waals surface area contributed by atoms with Gasteiger partial charge in [-0.2, -0.15) is 5.10 Å². The number of hydrogen-bond acceptors (Lipinski definition) is 4. The van der Waals surface area contributed by atoms with Crippen LogP contribution in [0.4, 0.5) is 0 Å². The number of halogens is 1. The molecule has 0 saturated carbocycles. The van der Waals surface area contributed by atoms with E-state index in [9.17, 15) is 0 Å². The molecule has 6 heteroatoms. The van der Waals surface area contributed by atoms with Crippen molar-refractivity contribution >= 4 is 11.6 Å². The Balaban J connectivity index is 2.65. The predicted octanol–water partition coefficient (Wildman–Crippen LogP) is 2.66. The molecule has 0 aliphatic heterocycles. The third-order valence-electron chi connectivity index (χ3n) is 3.22. The zero-order valence-electron chi connectivity index (χ0n) is 11.9. The molecule has 0 aromatic carbocycles. The van der Waals surface area contributed by atoms with Crippen LogP contribution in [-0.4, -0.2) is 23.5 Å². The van der Waals surface area contributed by atoms with E-state index in [4.69, 9.17) is 22.2 Å². The predicted molar refractivity (Wildman–Crippen MR) is 77.9 cm³/mol. The van der Waals surface area contributed by atoms with Crippen LogP contribution in [0.3, 0.4) is 0 Å².